The highest BCUT2D eigenvalue weighted by Crippen LogP contribution is 2.24. The maximum Gasteiger partial charge on any atom is 0.146 e. The standard InChI is InChI=1S/C14H20FNO/c1-5-8-16(10(2)3)14-7-6-12(11(4)17)9-13(14)15/h5-7,9-11,17H,1,8H2,2-4H3/t11-/m0/s1. The number of aliphatic hydroxyl groups excluding tert-OH is 1. The van der Waals surface area contributed by atoms with Gasteiger partial charge in [-0.3, -0.25) is 0 Å². The molecule has 0 radical (unpaired) electrons. The lowest BCUT2D eigenvalue weighted by atomic mass is 10.1. The Morgan fingerprint density at radius 3 is 2.47 bits per heavy atom. The largest absolute Gasteiger partial charge is 0.389 e. The van der Waals surface area contributed by atoms with Gasteiger partial charge in [-0.05, 0) is 38.5 Å². The molecule has 0 spiro atoms. The maximum absolute atomic E-state index is 14.0. The van der Waals surface area contributed by atoms with E-state index in [0.717, 1.165) is 0 Å². The quantitative estimate of drug-likeness (QED) is 0.794. The lowest BCUT2D eigenvalue weighted by molar-refractivity contribution is 0.199. The van der Waals surface area contributed by atoms with Gasteiger partial charge < -0.3 is 10.0 Å². The fraction of sp³-hybridized carbons (Fsp3) is 0.429. The third-order valence-electron chi connectivity index (χ3n) is 2.71. The van der Waals surface area contributed by atoms with E-state index < -0.39 is 6.10 Å². The van der Waals surface area contributed by atoms with Gasteiger partial charge in [0.05, 0.1) is 11.8 Å². The van der Waals surface area contributed by atoms with Crippen molar-refractivity contribution in [2.75, 3.05) is 11.4 Å². The van der Waals surface area contributed by atoms with Crippen LogP contribution in [0.1, 0.15) is 32.4 Å². The molecule has 0 fully saturated rings. The van der Waals surface area contributed by atoms with Crippen LogP contribution >= 0.6 is 0 Å². The summed E-state index contributed by atoms with van der Waals surface area (Å²) in [5.41, 5.74) is 1.14. The normalized spacial score (nSPS) is 12.6. The Kier molecular flexibility index (Phi) is 4.70. The van der Waals surface area contributed by atoms with Crippen LogP contribution in [0.15, 0.2) is 30.9 Å². The lowest BCUT2D eigenvalue weighted by Crippen LogP contribution is -2.31. The molecule has 0 bridgehead atoms. The van der Waals surface area contributed by atoms with E-state index in [1.165, 1.54) is 6.07 Å². The molecule has 0 aliphatic rings. The van der Waals surface area contributed by atoms with Crippen LogP contribution in [0, 0.1) is 5.82 Å². The molecular formula is C14H20FNO. The molecule has 0 saturated heterocycles. The van der Waals surface area contributed by atoms with Crippen LogP contribution in [0.4, 0.5) is 10.1 Å². The third kappa shape index (κ3) is 3.30. The van der Waals surface area contributed by atoms with Gasteiger partial charge >= 0.3 is 0 Å². The van der Waals surface area contributed by atoms with Gasteiger partial charge in [-0.2, -0.15) is 0 Å². The first-order valence-electron chi connectivity index (χ1n) is 5.82. The fourth-order valence-electron chi connectivity index (χ4n) is 1.74. The van der Waals surface area contributed by atoms with Crippen LogP contribution in [-0.4, -0.2) is 17.7 Å². The average Bonchev–Trinajstić information content (AvgIpc) is 2.26. The van der Waals surface area contributed by atoms with Crippen molar-refractivity contribution in [2.24, 2.45) is 0 Å². The summed E-state index contributed by atoms with van der Waals surface area (Å²) in [5, 5.41) is 9.39. The molecule has 0 unspecified atom stereocenters. The molecule has 94 valence electrons. The Morgan fingerprint density at radius 1 is 1.41 bits per heavy atom. The molecule has 2 nitrogen and oxygen atoms in total. The number of rotatable bonds is 5. The number of aliphatic hydroxyl groups is 1. The van der Waals surface area contributed by atoms with E-state index in [0.29, 0.717) is 17.8 Å². The van der Waals surface area contributed by atoms with Gasteiger partial charge in [0.25, 0.3) is 0 Å². The molecule has 17 heavy (non-hydrogen) atoms. The fourth-order valence-corrected chi connectivity index (χ4v) is 1.74. The highest BCUT2D eigenvalue weighted by atomic mass is 19.1. The topological polar surface area (TPSA) is 23.5 Å². The van der Waals surface area contributed by atoms with Crippen LogP contribution in [0.5, 0.6) is 0 Å². The molecular weight excluding hydrogens is 217 g/mol. The SMILES string of the molecule is C=CCN(c1ccc([C@H](C)O)cc1F)C(C)C. The molecule has 0 aromatic heterocycles. The number of halogens is 1. The van der Waals surface area contributed by atoms with E-state index in [2.05, 4.69) is 6.58 Å². The maximum atomic E-state index is 14.0. The molecule has 1 N–H and O–H groups in total. The van der Waals surface area contributed by atoms with Crippen molar-refractivity contribution >= 4 is 5.69 Å². The van der Waals surface area contributed by atoms with Crippen molar-refractivity contribution in [3.63, 3.8) is 0 Å². The number of anilines is 1. The summed E-state index contributed by atoms with van der Waals surface area (Å²) in [6.07, 6.45) is 1.10. The van der Waals surface area contributed by atoms with Gasteiger partial charge in [-0.25, -0.2) is 4.39 Å². The minimum Gasteiger partial charge on any atom is -0.389 e. The summed E-state index contributed by atoms with van der Waals surface area (Å²) in [6.45, 7) is 9.91. The zero-order chi connectivity index (χ0) is 13.0. The Balaban J connectivity index is 3.08. The Morgan fingerprint density at radius 2 is 2.06 bits per heavy atom. The molecule has 0 saturated carbocycles. The molecule has 1 aromatic carbocycles. The van der Waals surface area contributed by atoms with Crippen LogP contribution in [0.25, 0.3) is 0 Å². The first-order chi connectivity index (χ1) is 7.97. The summed E-state index contributed by atoms with van der Waals surface area (Å²) >= 11 is 0. The van der Waals surface area contributed by atoms with Crippen molar-refractivity contribution < 1.29 is 9.50 Å². The molecule has 0 amide bonds. The zero-order valence-corrected chi connectivity index (χ0v) is 10.7. The minimum absolute atomic E-state index is 0.194. The second kappa shape index (κ2) is 5.82. The lowest BCUT2D eigenvalue weighted by Gasteiger charge is -2.28. The molecule has 3 heteroatoms. The second-order valence-corrected chi connectivity index (χ2v) is 4.42. The molecule has 0 heterocycles. The van der Waals surface area contributed by atoms with Gasteiger partial charge in [0.2, 0.25) is 0 Å². The Labute approximate surface area is 102 Å². The third-order valence-corrected chi connectivity index (χ3v) is 2.71. The van der Waals surface area contributed by atoms with Crippen molar-refractivity contribution in [1.29, 1.82) is 0 Å². The predicted octanol–water partition coefficient (Wildman–Crippen LogP) is 3.28. The summed E-state index contributed by atoms with van der Waals surface area (Å²) in [4.78, 5) is 1.92. The molecule has 1 atom stereocenters. The van der Waals surface area contributed by atoms with Gasteiger partial charge in [0, 0.05) is 12.6 Å². The van der Waals surface area contributed by atoms with Gasteiger partial charge in [-0.15, -0.1) is 6.58 Å². The molecule has 1 rings (SSSR count). The summed E-state index contributed by atoms with van der Waals surface area (Å²) in [6, 6.07) is 5.04. The molecule has 0 aliphatic carbocycles. The van der Waals surface area contributed by atoms with Gasteiger partial charge in [0.15, 0.2) is 0 Å². The van der Waals surface area contributed by atoms with E-state index >= 15 is 0 Å². The predicted molar refractivity (Wildman–Crippen MR) is 69.7 cm³/mol. The minimum atomic E-state index is -0.648. The Hall–Kier alpha value is -1.35. The zero-order valence-electron chi connectivity index (χ0n) is 10.7. The van der Waals surface area contributed by atoms with E-state index in [1.807, 2.05) is 18.7 Å². The van der Waals surface area contributed by atoms with Crippen LogP contribution in [0.3, 0.4) is 0 Å². The average molecular weight is 237 g/mol. The van der Waals surface area contributed by atoms with Crippen molar-refractivity contribution in [2.45, 2.75) is 32.9 Å². The highest BCUT2D eigenvalue weighted by molar-refractivity contribution is 5.50. The number of nitrogens with zero attached hydrogens (tertiary/aromatic N) is 1. The molecule has 1 aromatic rings. The Bertz CT molecular complexity index is 388. The van der Waals surface area contributed by atoms with Gasteiger partial charge in [0.1, 0.15) is 5.82 Å². The molecule has 0 aliphatic heterocycles. The monoisotopic (exact) mass is 237 g/mol. The second-order valence-electron chi connectivity index (χ2n) is 4.42. The highest BCUT2D eigenvalue weighted by Gasteiger charge is 2.14. The van der Waals surface area contributed by atoms with Crippen molar-refractivity contribution in [1.82, 2.24) is 0 Å². The van der Waals surface area contributed by atoms with E-state index in [-0.39, 0.29) is 11.9 Å². The summed E-state index contributed by atoms with van der Waals surface area (Å²) in [5.74, 6) is -0.307. The van der Waals surface area contributed by atoms with Crippen LogP contribution < -0.4 is 4.90 Å². The van der Waals surface area contributed by atoms with Crippen LogP contribution in [0.2, 0.25) is 0 Å². The first kappa shape index (κ1) is 13.7. The van der Waals surface area contributed by atoms with E-state index in [9.17, 15) is 9.50 Å². The number of hydrogen-bond donors (Lipinski definition) is 1. The number of benzene rings is 1. The van der Waals surface area contributed by atoms with Crippen molar-refractivity contribution in [3.05, 3.63) is 42.2 Å². The first-order valence-corrected chi connectivity index (χ1v) is 5.82. The van der Waals surface area contributed by atoms with Crippen LogP contribution in [-0.2, 0) is 0 Å². The van der Waals surface area contributed by atoms with Crippen molar-refractivity contribution in [3.8, 4) is 0 Å². The summed E-state index contributed by atoms with van der Waals surface area (Å²) < 4.78 is 14.0. The van der Waals surface area contributed by atoms with E-state index in [4.69, 9.17) is 0 Å². The smallest absolute Gasteiger partial charge is 0.146 e. The summed E-state index contributed by atoms with van der Waals surface area (Å²) in [7, 11) is 0. The number of hydrogen-bond acceptors (Lipinski definition) is 2. The van der Waals surface area contributed by atoms with Gasteiger partial charge in [-0.1, -0.05) is 12.1 Å². The van der Waals surface area contributed by atoms with E-state index in [1.54, 1.807) is 25.1 Å².